The Labute approximate surface area is 91.4 Å². The quantitative estimate of drug-likeness (QED) is 0.686. The van der Waals surface area contributed by atoms with Gasteiger partial charge in [-0.15, -0.1) is 0 Å². The van der Waals surface area contributed by atoms with Gasteiger partial charge in [0.1, 0.15) is 5.58 Å². The summed E-state index contributed by atoms with van der Waals surface area (Å²) in [7, 11) is 1.24. The van der Waals surface area contributed by atoms with E-state index in [4.69, 9.17) is 4.42 Å². The molecule has 1 heterocycles. The molecule has 0 atom stereocenters. The van der Waals surface area contributed by atoms with Crippen molar-refractivity contribution in [3.63, 3.8) is 0 Å². The van der Waals surface area contributed by atoms with Gasteiger partial charge in [-0.25, -0.2) is 4.79 Å². The number of hydrogen-bond acceptors (Lipinski definition) is 4. The van der Waals surface area contributed by atoms with Crippen molar-refractivity contribution in [2.24, 2.45) is 0 Å². The molecule has 0 aliphatic carbocycles. The third-order valence-electron chi connectivity index (χ3n) is 2.35. The first-order valence-electron chi connectivity index (χ1n) is 4.75. The second kappa shape index (κ2) is 3.81. The maximum atomic E-state index is 11.8. The summed E-state index contributed by atoms with van der Waals surface area (Å²) >= 11 is 0. The molecule has 0 N–H and O–H groups in total. The van der Waals surface area contributed by atoms with Gasteiger partial charge in [0.15, 0.2) is 5.43 Å². The Hall–Kier alpha value is -2.10. The number of fused-ring (bicyclic) bond motifs is 1. The van der Waals surface area contributed by atoms with Crippen LogP contribution in [-0.2, 0) is 4.74 Å². The molecule has 1 aromatic heterocycles. The fourth-order valence-corrected chi connectivity index (χ4v) is 1.58. The molecule has 82 valence electrons. The van der Waals surface area contributed by atoms with Gasteiger partial charge in [-0.1, -0.05) is 12.1 Å². The minimum atomic E-state index is -0.652. The van der Waals surface area contributed by atoms with Gasteiger partial charge in [0.2, 0.25) is 5.76 Å². The zero-order chi connectivity index (χ0) is 11.7. The smallest absolute Gasteiger partial charge is 0.374 e. The van der Waals surface area contributed by atoms with Crippen molar-refractivity contribution in [2.45, 2.75) is 6.92 Å². The summed E-state index contributed by atoms with van der Waals surface area (Å²) in [5, 5.41) is 0.496. The lowest BCUT2D eigenvalue weighted by molar-refractivity contribution is 0.0565. The summed E-state index contributed by atoms with van der Waals surface area (Å²) in [6.45, 7) is 1.82. The predicted molar refractivity (Wildman–Crippen MR) is 58.6 cm³/mol. The predicted octanol–water partition coefficient (Wildman–Crippen LogP) is 1.89. The Bertz CT molecular complexity index is 610. The van der Waals surface area contributed by atoms with E-state index >= 15 is 0 Å². The Balaban J connectivity index is 2.79. The van der Waals surface area contributed by atoms with Crippen LogP contribution in [0.2, 0.25) is 0 Å². The van der Waals surface area contributed by atoms with E-state index in [1.165, 1.54) is 7.11 Å². The molecule has 0 unspecified atom stereocenters. The van der Waals surface area contributed by atoms with Crippen LogP contribution in [0.5, 0.6) is 0 Å². The molecule has 0 fully saturated rings. The monoisotopic (exact) mass is 218 g/mol. The number of rotatable bonds is 1. The molecule has 16 heavy (non-hydrogen) atoms. The number of carbonyl (C=O) groups excluding carboxylic acids is 1. The summed E-state index contributed by atoms with van der Waals surface area (Å²) in [6.07, 6.45) is 0. The van der Waals surface area contributed by atoms with Gasteiger partial charge in [0, 0.05) is 6.07 Å². The lowest BCUT2D eigenvalue weighted by Gasteiger charge is -2.02. The Morgan fingerprint density at radius 2 is 2.12 bits per heavy atom. The number of esters is 1. The standard InChI is InChI=1S/C12H10O4/c1-7-4-3-5-9-11(7)8(13)6-10(16-9)12(14)15-2/h3-6H,1-2H3. The van der Waals surface area contributed by atoms with E-state index < -0.39 is 5.97 Å². The number of ether oxygens (including phenoxy) is 1. The van der Waals surface area contributed by atoms with E-state index in [1.807, 2.05) is 13.0 Å². The van der Waals surface area contributed by atoms with Crippen LogP contribution < -0.4 is 5.43 Å². The first-order valence-corrected chi connectivity index (χ1v) is 4.75. The molecular formula is C12H10O4. The highest BCUT2D eigenvalue weighted by Gasteiger charge is 2.12. The molecule has 1 aromatic carbocycles. The number of carbonyl (C=O) groups is 1. The second-order valence-electron chi connectivity index (χ2n) is 3.41. The van der Waals surface area contributed by atoms with Crippen LogP contribution in [0.1, 0.15) is 16.1 Å². The largest absolute Gasteiger partial charge is 0.463 e. The molecule has 4 heteroatoms. The van der Waals surface area contributed by atoms with Crippen molar-refractivity contribution < 1.29 is 13.9 Å². The number of benzene rings is 1. The van der Waals surface area contributed by atoms with Crippen LogP contribution in [0, 0.1) is 6.92 Å². The Morgan fingerprint density at radius 1 is 1.38 bits per heavy atom. The third-order valence-corrected chi connectivity index (χ3v) is 2.35. The molecule has 0 radical (unpaired) electrons. The molecule has 0 saturated heterocycles. The highest BCUT2D eigenvalue weighted by molar-refractivity contribution is 5.89. The topological polar surface area (TPSA) is 56.5 Å². The molecule has 0 aliphatic rings. The van der Waals surface area contributed by atoms with Gasteiger partial charge < -0.3 is 9.15 Å². The van der Waals surface area contributed by atoms with Crippen molar-refractivity contribution in [2.75, 3.05) is 7.11 Å². The van der Waals surface area contributed by atoms with Crippen molar-refractivity contribution >= 4 is 16.9 Å². The van der Waals surface area contributed by atoms with Crippen LogP contribution in [0.4, 0.5) is 0 Å². The SMILES string of the molecule is COC(=O)c1cc(=O)c2c(C)cccc2o1. The van der Waals surface area contributed by atoms with Gasteiger partial charge in [-0.3, -0.25) is 4.79 Å². The summed E-state index contributed by atoms with van der Waals surface area (Å²) in [5.74, 6) is -0.730. The van der Waals surface area contributed by atoms with Gasteiger partial charge in [0.25, 0.3) is 0 Å². The average Bonchev–Trinajstić information content (AvgIpc) is 2.27. The van der Waals surface area contributed by atoms with Gasteiger partial charge in [-0.2, -0.15) is 0 Å². The fraction of sp³-hybridized carbons (Fsp3) is 0.167. The molecule has 2 rings (SSSR count). The molecule has 0 aliphatic heterocycles. The van der Waals surface area contributed by atoms with E-state index in [-0.39, 0.29) is 11.2 Å². The third kappa shape index (κ3) is 1.58. The number of aryl methyl sites for hydroxylation is 1. The molecule has 2 aromatic rings. The van der Waals surface area contributed by atoms with Gasteiger partial charge in [-0.05, 0) is 18.6 Å². The first-order chi connectivity index (χ1) is 7.63. The average molecular weight is 218 g/mol. The van der Waals surface area contributed by atoms with Crippen LogP contribution in [0.3, 0.4) is 0 Å². The Kier molecular flexibility index (Phi) is 2.48. The minimum absolute atomic E-state index is 0.0781. The summed E-state index contributed by atoms with van der Waals surface area (Å²) < 4.78 is 9.80. The van der Waals surface area contributed by atoms with E-state index in [0.29, 0.717) is 11.0 Å². The summed E-state index contributed by atoms with van der Waals surface area (Å²) in [6, 6.07) is 6.38. The van der Waals surface area contributed by atoms with E-state index in [2.05, 4.69) is 4.74 Å². The van der Waals surface area contributed by atoms with Crippen LogP contribution in [0.15, 0.2) is 33.5 Å². The van der Waals surface area contributed by atoms with E-state index in [9.17, 15) is 9.59 Å². The summed E-state index contributed by atoms with van der Waals surface area (Å²) in [5.41, 5.74) is 0.982. The van der Waals surface area contributed by atoms with Crippen LogP contribution in [0.25, 0.3) is 11.0 Å². The first kappa shape index (κ1) is 10.4. The van der Waals surface area contributed by atoms with E-state index in [1.54, 1.807) is 12.1 Å². The van der Waals surface area contributed by atoms with Crippen molar-refractivity contribution in [3.05, 3.63) is 45.8 Å². The molecule has 0 amide bonds. The number of methoxy groups -OCH3 is 1. The normalized spacial score (nSPS) is 10.4. The lowest BCUT2D eigenvalue weighted by atomic mass is 10.1. The zero-order valence-electron chi connectivity index (χ0n) is 8.94. The molecular weight excluding hydrogens is 208 g/mol. The highest BCUT2D eigenvalue weighted by Crippen LogP contribution is 2.16. The van der Waals surface area contributed by atoms with Gasteiger partial charge in [0.05, 0.1) is 12.5 Å². The maximum Gasteiger partial charge on any atom is 0.374 e. The molecule has 0 saturated carbocycles. The van der Waals surface area contributed by atoms with Crippen LogP contribution in [-0.4, -0.2) is 13.1 Å². The fourth-order valence-electron chi connectivity index (χ4n) is 1.58. The van der Waals surface area contributed by atoms with E-state index in [0.717, 1.165) is 11.6 Å². The lowest BCUT2D eigenvalue weighted by Crippen LogP contribution is -2.09. The second-order valence-corrected chi connectivity index (χ2v) is 3.41. The minimum Gasteiger partial charge on any atom is -0.463 e. The van der Waals surface area contributed by atoms with Crippen molar-refractivity contribution in [3.8, 4) is 0 Å². The van der Waals surface area contributed by atoms with Gasteiger partial charge >= 0.3 is 5.97 Å². The molecule has 0 spiro atoms. The number of hydrogen-bond donors (Lipinski definition) is 0. The molecule has 4 nitrogen and oxygen atoms in total. The highest BCUT2D eigenvalue weighted by atomic mass is 16.5. The summed E-state index contributed by atoms with van der Waals surface area (Å²) in [4.78, 5) is 23.0. The van der Waals surface area contributed by atoms with Crippen LogP contribution >= 0.6 is 0 Å². The van der Waals surface area contributed by atoms with Crippen molar-refractivity contribution in [1.82, 2.24) is 0 Å². The zero-order valence-corrected chi connectivity index (χ0v) is 8.94. The maximum absolute atomic E-state index is 11.8. The molecule has 0 bridgehead atoms. The Morgan fingerprint density at radius 3 is 2.81 bits per heavy atom. The van der Waals surface area contributed by atoms with Crippen molar-refractivity contribution in [1.29, 1.82) is 0 Å².